The fourth-order valence-corrected chi connectivity index (χ4v) is 4.06. The van der Waals surface area contributed by atoms with Gasteiger partial charge in [-0.05, 0) is 79.4 Å². The normalized spacial score (nSPS) is 13.2. The van der Waals surface area contributed by atoms with Crippen molar-refractivity contribution in [2.75, 3.05) is 23.5 Å². The van der Waals surface area contributed by atoms with E-state index in [-0.39, 0.29) is 21.4 Å². The van der Waals surface area contributed by atoms with Crippen LogP contribution >= 0.6 is 11.6 Å². The standard InChI is InChI=1S/C25H23ClN2O5S/c1-34(31,32)21-4-2-3-18(13-21)25(30)28-23-12-9-19(14-22(23)26)27-24(29)17-7-10-20(11-8-17)33-15-16-5-6-16/h2-4,7-14,16H,5-6,15H2,1H3,(H,27,29)(H,28,30). The molecular weight excluding hydrogens is 476 g/mol. The van der Waals surface area contributed by atoms with E-state index in [2.05, 4.69) is 10.6 Å². The predicted octanol–water partition coefficient (Wildman–Crippen LogP) is 5.04. The molecule has 34 heavy (non-hydrogen) atoms. The molecule has 0 heterocycles. The number of nitrogens with one attached hydrogen (secondary N) is 2. The summed E-state index contributed by atoms with van der Waals surface area (Å²) in [5.74, 6) is 0.569. The summed E-state index contributed by atoms with van der Waals surface area (Å²) >= 11 is 6.30. The van der Waals surface area contributed by atoms with Crippen LogP contribution in [0.15, 0.2) is 71.6 Å². The van der Waals surface area contributed by atoms with E-state index in [4.69, 9.17) is 16.3 Å². The molecule has 0 spiro atoms. The molecule has 0 atom stereocenters. The molecule has 1 fully saturated rings. The maximum Gasteiger partial charge on any atom is 0.255 e. The summed E-state index contributed by atoms with van der Waals surface area (Å²) in [5, 5.41) is 5.64. The summed E-state index contributed by atoms with van der Waals surface area (Å²) in [6, 6.07) is 17.3. The van der Waals surface area contributed by atoms with Crippen molar-refractivity contribution in [1.29, 1.82) is 0 Å². The highest BCUT2D eigenvalue weighted by Crippen LogP contribution is 2.30. The van der Waals surface area contributed by atoms with Crippen molar-refractivity contribution in [2.45, 2.75) is 17.7 Å². The third-order valence-corrected chi connectivity index (χ3v) is 6.72. The van der Waals surface area contributed by atoms with Crippen LogP contribution in [0.2, 0.25) is 5.02 Å². The molecule has 1 aliphatic rings. The third-order valence-electron chi connectivity index (χ3n) is 5.30. The van der Waals surface area contributed by atoms with E-state index in [0.29, 0.717) is 29.5 Å². The molecular formula is C25H23ClN2O5S. The second kappa shape index (κ2) is 9.87. The van der Waals surface area contributed by atoms with Gasteiger partial charge >= 0.3 is 0 Å². The van der Waals surface area contributed by atoms with Gasteiger partial charge in [0.15, 0.2) is 9.84 Å². The van der Waals surface area contributed by atoms with Gasteiger partial charge in [0.1, 0.15) is 5.75 Å². The predicted molar refractivity (Wildman–Crippen MR) is 132 cm³/mol. The van der Waals surface area contributed by atoms with Gasteiger partial charge in [-0.15, -0.1) is 0 Å². The molecule has 176 valence electrons. The highest BCUT2D eigenvalue weighted by atomic mass is 35.5. The van der Waals surface area contributed by atoms with E-state index in [1.54, 1.807) is 36.4 Å². The number of benzene rings is 3. The first-order chi connectivity index (χ1) is 16.2. The van der Waals surface area contributed by atoms with Gasteiger partial charge in [0, 0.05) is 23.1 Å². The smallest absolute Gasteiger partial charge is 0.255 e. The first kappa shape index (κ1) is 23.8. The Labute approximate surface area is 203 Å². The minimum atomic E-state index is -3.44. The van der Waals surface area contributed by atoms with Crippen LogP contribution in [-0.2, 0) is 9.84 Å². The molecule has 3 aromatic carbocycles. The van der Waals surface area contributed by atoms with E-state index in [1.807, 2.05) is 0 Å². The van der Waals surface area contributed by atoms with Crippen molar-refractivity contribution in [1.82, 2.24) is 0 Å². The van der Waals surface area contributed by atoms with Crippen LogP contribution in [0, 0.1) is 5.92 Å². The quantitative estimate of drug-likeness (QED) is 0.453. The first-order valence-corrected chi connectivity index (χ1v) is 12.9. The molecule has 1 saturated carbocycles. The Morgan fingerprint density at radius 1 is 0.941 bits per heavy atom. The summed E-state index contributed by atoms with van der Waals surface area (Å²) < 4.78 is 29.1. The van der Waals surface area contributed by atoms with Gasteiger partial charge in [0.05, 0.1) is 22.2 Å². The monoisotopic (exact) mass is 498 g/mol. The molecule has 9 heteroatoms. The lowest BCUT2D eigenvalue weighted by molar-refractivity contribution is 0.101. The maximum atomic E-state index is 12.6. The number of amides is 2. The SMILES string of the molecule is CS(=O)(=O)c1cccc(C(=O)Nc2ccc(NC(=O)c3ccc(OCC4CC4)cc3)cc2Cl)c1. The second-order valence-corrected chi connectivity index (χ2v) is 10.6. The largest absolute Gasteiger partial charge is 0.493 e. The molecule has 2 amide bonds. The summed E-state index contributed by atoms with van der Waals surface area (Å²) in [6.45, 7) is 0.704. The van der Waals surface area contributed by atoms with Gasteiger partial charge < -0.3 is 15.4 Å². The zero-order valence-electron chi connectivity index (χ0n) is 18.4. The number of carbonyl (C=O) groups excluding carboxylic acids is 2. The van der Waals surface area contributed by atoms with Crippen LogP contribution in [0.25, 0.3) is 0 Å². The number of hydrogen-bond acceptors (Lipinski definition) is 5. The van der Waals surface area contributed by atoms with Crippen molar-refractivity contribution >= 4 is 44.6 Å². The molecule has 0 aromatic heterocycles. The Hall–Kier alpha value is -3.36. The van der Waals surface area contributed by atoms with E-state index >= 15 is 0 Å². The lowest BCUT2D eigenvalue weighted by Crippen LogP contribution is -2.14. The molecule has 0 aliphatic heterocycles. The number of halogens is 1. The summed E-state index contributed by atoms with van der Waals surface area (Å²) in [4.78, 5) is 25.2. The Bertz CT molecular complexity index is 1340. The lowest BCUT2D eigenvalue weighted by Gasteiger charge is -2.11. The lowest BCUT2D eigenvalue weighted by atomic mass is 10.2. The fraction of sp³-hybridized carbons (Fsp3) is 0.200. The average Bonchev–Trinajstić information content (AvgIpc) is 3.64. The number of hydrogen-bond donors (Lipinski definition) is 2. The Kier molecular flexibility index (Phi) is 6.90. The van der Waals surface area contributed by atoms with Gasteiger partial charge in [-0.25, -0.2) is 8.42 Å². The van der Waals surface area contributed by atoms with Crippen molar-refractivity contribution in [3.8, 4) is 5.75 Å². The molecule has 2 N–H and O–H groups in total. The highest BCUT2D eigenvalue weighted by molar-refractivity contribution is 7.90. The van der Waals surface area contributed by atoms with Crippen LogP contribution in [0.5, 0.6) is 5.75 Å². The molecule has 7 nitrogen and oxygen atoms in total. The van der Waals surface area contributed by atoms with E-state index in [9.17, 15) is 18.0 Å². The van der Waals surface area contributed by atoms with Gasteiger partial charge in [0.25, 0.3) is 11.8 Å². The molecule has 1 aliphatic carbocycles. The van der Waals surface area contributed by atoms with Crippen LogP contribution in [0.3, 0.4) is 0 Å². The van der Waals surface area contributed by atoms with Crippen LogP contribution in [0.1, 0.15) is 33.6 Å². The summed E-state index contributed by atoms with van der Waals surface area (Å²) in [5.41, 5.74) is 1.44. The Balaban J connectivity index is 1.39. The van der Waals surface area contributed by atoms with Crippen LogP contribution in [0.4, 0.5) is 11.4 Å². The van der Waals surface area contributed by atoms with Crippen LogP contribution < -0.4 is 15.4 Å². The highest BCUT2D eigenvalue weighted by Gasteiger charge is 2.22. The summed E-state index contributed by atoms with van der Waals surface area (Å²) in [6.07, 6.45) is 3.50. The molecule has 0 unspecified atom stereocenters. The topological polar surface area (TPSA) is 102 Å². The second-order valence-electron chi connectivity index (χ2n) is 8.18. The Morgan fingerprint density at radius 3 is 2.29 bits per heavy atom. The van der Waals surface area contributed by atoms with Gasteiger partial charge in [-0.3, -0.25) is 9.59 Å². The van der Waals surface area contributed by atoms with E-state index < -0.39 is 15.7 Å². The zero-order valence-corrected chi connectivity index (χ0v) is 19.9. The fourth-order valence-electron chi connectivity index (χ4n) is 3.16. The van der Waals surface area contributed by atoms with Crippen LogP contribution in [-0.4, -0.2) is 33.1 Å². The van der Waals surface area contributed by atoms with Crippen molar-refractivity contribution < 1.29 is 22.7 Å². The molecule has 0 radical (unpaired) electrons. The van der Waals surface area contributed by atoms with Crippen molar-refractivity contribution in [3.63, 3.8) is 0 Å². The average molecular weight is 499 g/mol. The number of rotatable bonds is 8. The van der Waals surface area contributed by atoms with E-state index in [0.717, 1.165) is 12.0 Å². The molecule has 0 saturated heterocycles. The van der Waals surface area contributed by atoms with Crippen molar-refractivity contribution in [2.24, 2.45) is 5.92 Å². The van der Waals surface area contributed by atoms with E-state index in [1.165, 1.54) is 43.2 Å². The maximum absolute atomic E-state index is 12.6. The van der Waals surface area contributed by atoms with Gasteiger partial charge in [-0.1, -0.05) is 17.7 Å². The van der Waals surface area contributed by atoms with Gasteiger partial charge in [0.2, 0.25) is 0 Å². The number of anilines is 2. The molecule has 0 bridgehead atoms. The number of ether oxygens (including phenoxy) is 1. The third kappa shape index (κ3) is 6.15. The summed E-state index contributed by atoms with van der Waals surface area (Å²) in [7, 11) is -3.44. The number of carbonyl (C=O) groups is 2. The molecule has 3 aromatic rings. The minimum Gasteiger partial charge on any atom is -0.493 e. The molecule has 4 rings (SSSR count). The first-order valence-electron chi connectivity index (χ1n) is 10.6. The zero-order chi connectivity index (χ0) is 24.3. The van der Waals surface area contributed by atoms with Gasteiger partial charge in [-0.2, -0.15) is 0 Å². The number of sulfone groups is 1. The Morgan fingerprint density at radius 2 is 1.65 bits per heavy atom. The van der Waals surface area contributed by atoms with Crippen molar-refractivity contribution in [3.05, 3.63) is 82.9 Å². The minimum absolute atomic E-state index is 0.0480.